The summed E-state index contributed by atoms with van der Waals surface area (Å²) >= 11 is 4.83. The second-order valence-corrected chi connectivity index (χ2v) is 6.83. The van der Waals surface area contributed by atoms with Crippen molar-refractivity contribution in [2.75, 3.05) is 12.4 Å². The molecule has 3 N–H and O–H groups in total. The molecule has 0 spiro atoms. The fourth-order valence-electron chi connectivity index (χ4n) is 1.17. The number of hydrogen-bond acceptors (Lipinski definition) is 4. The van der Waals surface area contributed by atoms with E-state index in [1.54, 1.807) is 0 Å². The molecule has 1 atom stereocenters. The van der Waals surface area contributed by atoms with Gasteiger partial charge in [-0.2, -0.15) is 0 Å². The lowest BCUT2D eigenvalue weighted by molar-refractivity contribution is 0.0911. The van der Waals surface area contributed by atoms with Crippen molar-refractivity contribution in [1.29, 1.82) is 0 Å². The zero-order valence-corrected chi connectivity index (χ0v) is 12.4. The Hall–Kier alpha value is -0.240. The number of nitrogens with one attached hydrogen (secondary N) is 1. The van der Waals surface area contributed by atoms with Crippen molar-refractivity contribution in [3.8, 4) is 0 Å². The molecule has 0 fully saturated rings. The van der Waals surface area contributed by atoms with Crippen LogP contribution in [0.15, 0.2) is 0 Å². The predicted octanol–water partition coefficient (Wildman–Crippen LogP) is 0.642. The molecule has 5 nitrogen and oxygen atoms in total. The Bertz CT molecular complexity index is 339. The smallest absolute Gasteiger partial charge is 0.214 e. The first-order valence-electron chi connectivity index (χ1n) is 5.56. The van der Waals surface area contributed by atoms with E-state index in [4.69, 9.17) is 22.7 Å². The standard InChI is InChI=1S/C10H22N2O3S2/c1-7(2)9(10(11)16)12-17(13,14)6-5-15-8(3)4/h7-9,12H,5-6H2,1-4H3,(H2,11,16). The summed E-state index contributed by atoms with van der Waals surface area (Å²) in [6, 6.07) is -0.506. The number of ether oxygens (including phenoxy) is 1. The van der Waals surface area contributed by atoms with Gasteiger partial charge in [-0.05, 0) is 19.8 Å². The summed E-state index contributed by atoms with van der Waals surface area (Å²) < 4.78 is 31.1. The molecule has 1 unspecified atom stereocenters. The molecule has 0 heterocycles. The van der Waals surface area contributed by atoms with Gasteiger partial charge >= 0.3 is 0 Å². The maximum absolute atomic E-state index is 11.7. The normalized spacial score (nSPS) is 14.2. The van der Waals surface area contributed by atoms with E-state index in [9.17, 15) is 8.42 Å². The van der Waals surface area contributed by atoms with E-state index in [1.807, 2.05) is 27.7 Å². The number of nitrogens with two attached hydrogens (primary N) is 1. The number of sulfonamides is 1. The summed E-state index contributed by atoms with van der Waals surface area (Å²) in [5.74, 6) is -0.0647. The van der Waals surface area contributed by atoms with Gasteiger partial charge in [-0.3, -0.25) is 0 Å². The van der Waals surface area contributed by atoms with Crippen molar-refractivity contribution < 1.29 is 13.2 Å². The second kappa shape index (κ2) is 7.25. The van der Waals surface area contributed by atoms with Gasteiger partial charge in [-0.15, -0.1) is 0 Å². The minimum absolute atomic E-state index is 0.0154. The van der Waals surface area contributed by atoms with Crippen LogP contribution in [0.2, 0.25) is 0 Å². The van der Waals surface area contributed by atoms with E-state index < -0.39 is 16.1 Å². The lowest BCUT2D eigenvalue weighted by atomic mass is 10.1. The van der Waals surface area contributed by atoms with E-state index in [-0.39, 0.29) is 29.4 Å². The molecule has 0 bridgehead atoms. The Labute approximate surface area is 109 Å². The lowest BCUT2D eigenvalue weighted by Gasteiger charge is -2.21. The molecule has 0 aromatic carbocycles. The first-order chi connectivity index (χ1) is 7.65. The van der Waals surface area contributed by atoms with E-state index in [0.29, 0.717) is 0 Å². The van der Waals surface area contributed by atoms with E-state index >= 15 is 0 Å². The highest BCUT2D eigenvalue weighted by Crippen LogP contribution is 2.04. The van der Waals surface area contributed by atoms with Gasteiger partial charge in [-0.25, -0.2) is 13.1 Å². The molecule has 0 saturated carbocycles. The second-order valence-electron chi connectivity index (χ2n) is 4.48. The quantitative estimate of drug-likeness (QED) is 0.639. The van der Waals surface area contributed by atoms with Gasteiger partial charge < -0.3 is 10.5 Å². The zero-order valence-electron chi connectivity index (χ0n) is 10.8. The highest BCUT2D eigenvalue weighted by atomic mass is 32.2. The molecule has 102 valence electrons. The van der Waals surface area contributed by atoms with Crippen molar-refractivity contribution in [3.63, 3.8) is 0 Å². The molecule has 0 aromatic heterocycles. The van der Waals surface area contributed by atoms with Crippen LogP contribution in [0.1, 0.15) is 27.7 Å². The monoisotopic (exact) mass is 282 g/mol. The van der Waals surface area contributed by atoms with Crippen molar-refractivity contribution in [1.82, 2.24) is 4.72 Å². The van der Waals surface area contributed by atoms with E-state index in [0.717, 1.165) is 0 Å². The van der Waals surface area contributed by atoms with Crippen LogP contribution in [-0.4, -0.2) is 37.9 Å². The number of hydrogen-bond donors (Lipinski definition) is 2. The average molecular weight is 282 g/mol. The summed E-state index contributed by atoms with van der Waals surface area (Å²) in [7, 11) is -3.41. The largest absolute Gasteiger partial charge is 0.392 e. The highest BCUT2D eigenvalue weighted by Gasteiger charge is 2.22. The van der Waals surface area contributed by atoms with Gasteiger partial charge in [0.15, 0.2) is 0 Å². The lowest BCUT2D eigenvalue weighted by Crippen LogP contribution is -2.47. The van der Waals surface area contributed by atoms with Crippen LogP contribution in [0.3, 0.4) is 0 Å². The third-order valence-corrected chi connectivity index (χ3v) is 3.65. The molecule has 17 heavy (non-hydrogen) atoms. The molecule has 0 radical (unpaired) electrons. The molecule has 0 amide bonds. The van der Waals surface area contributed by atoms with Crippen LogP contribution >= 0.6 is 12.2 Å². The van der Waals surface area contributed by atoms with Crippen molar-refractivity contribution in [3.05, 3.63) is 0 Å². The van der Waals surface area contributed by atoms with Crippen LogP contribution < -0.4 is 10.5 Å². The van der Waals surface area contributed by atoms with Gasteiger partial charge in [-0.1, -0.05) is 26.1 Å². The third-order valence-electron chi connectivity index (χ3n) is 2.08. The van der Waals surface area contributed by atoms with Gasteiger partial charge in [0.2, 0.25) is 10.0 Å². The Morgan fingerprint density at radius 2 is 1.88 bits per heavy atom. The average Bonchev–Trinajstić information content (AvgIpc) is 2.12. The summed E-state index contributed by atoms with van der Waals surface area (Å²) in [6.07, 6.45) is 0.0154. The van der Waals surface area contributed by atoms with Crippen LogP contribution in [-0.2, 0) is 14.8 Å². The zero-order chi connectivity index (χ0) is 13.6. The van der Waals surface area contributed by atoms with Gasteiger partial charge in [0.25, 0.3) is 0 Å². The molecule has 0 aliphatic carbocycles. The molecule has 7 heteroatoms. The third kappa shape index (κ3) is 7.64. The summed E-state index contributed by atoms with van der Waals surface area (Å²) in [5.41, 5.74) is 5.49. The molecule has 0 aliphatic rings. The molecule has 0 aliphatic heterocycles. The predicted molar refractivity (Wildman–Crippen MR) is 73.4 cm³/mol. The first kappa shape index (κ1) is 16.8. The Kier molecular flexibility index (Phi) is 7.15. The Morgan fingerprint density at radius 1 is 1.35 bits per heavy atom. The van der Waals surface area contributed by atoms with Crippen molar-refractivity contribution in [2.45, 2.75) is 39.8 Å². The maximum Gasteiger partial charge on any atom is 0.214 e. The van der Waals surface area contributed by atoms with Gasteiger partial charge in [0.1, 0.15) is 0 Å². The van der Waals surface area contributed by atoms with Crippen molar-refractivity contribution >= 4 is 27.2 Å². The molecule has 0 saturated heterocycles. The summed E-state index contributed by atoms with van der Waals surface area (Å²) in [6.45, 7) is 7.58. The van der Waals surface area contributed by atoms with Crippen LogP contribution in [0.25, 0.3) is 0 Å². The van der Waals surface area contributed by atoms with Gasteiger partial charge in [0.05, 0.1) is 29.5 Å². The van der Waals surface area contributed by atoms with E-state index in [2.05, 4.69) is 4.72 Å². The van der Waals surface area contributed by atoms with Gasteiger partial charge in [0, 0.05) is 0 Å². The number of rotatable bonds is 8. The molecule has 0 aromatic rings. The first-order valence-corrected chi connectivity index (χ1v) is 7.62. The molecular formula is C10H22N2O3S2. The highest BCUT2D eigenvalue weighted by molar-refractivity contribution is 7.89. The SMILES string of the molecule is CC(C)OCCS(=O)(=O)NC(C(N)=S)C(C)C. The topological polar surface area (TPSA) is 81.4 Å². The minimum atomic E-state index is -3.41. The minimum Gasteiger partial charge on any atom is -0.392 e. The van der Waals surface area contributed by atoms with E-state index in [1.165, 1.54) is 0 Å². The molecule has 0 rings (SSSR count). The summed E-state index contributed by atoms with van der Waals surface area (Å²) in [4.78, 5) is 0.161. The Morgan fingerprint density at radius 3 is 2.24 bits per heavy atom. The number of thiocarbonyl (C=S) groups is 1. The fourth-order valence-corrected chi connectivity index (χ4v) is 2.79. The molecular weight excluding hydrogens is 260 g/mol. The fraction of sp³-hybridized carbons (Fsp3) is 0.900. The van der Waals surface area contributed by atoms with Crippen LogP contribution in [0.4, 0.5) is 0 Å². The Balaban J connectivity index is 4.37. The van der Waals surface area contributed by atoms with Crippen molar-refractivity contribution in [2.24, 2.45) is 11.7 Å². The van der Waals surface area contributed by atoms with Crippen LogP contribution in [0, 0.1) is 5.92 Å². The summed E-state index contributed by atoms with van der Waals surface area (Å²) in [5, 5.41) is 0. The van der Waals surface area contributed by atoms with Crippen LogP contribution in [0.5, 0.6) is 0 Å². The maximum atomic E-state index is 11.7.